The molecule has 0 aliphatic carbocycles. The number of thiol groups is 2. The number of hydrogen-bond acceptors (Lipinski definition) is 8. The maximum atomic E-state index is 10.4. The number of carbonyl (C=O) groups excluding carboxylic acids is 2. The van der Waals surface area contributed by atoms with Crippen LogP contribution in [-0.4, -0.2) is 36.2 Å². The zero-order valence-corrected chi connectivity index (χ0v) is 10.7. The Morgan fingerprint density at radius 1 is 1.00 bits per heavy atom. The highest BCUT2D eigenvalue weighted by atomic mass is 33.1. The normalized spacial score (nSPS) is 14.7. The number of rotatable bonds is 9. The van der Waals surface area contributed by atoms with Gasteiger partial charge in [0, 0.05) is 33.5 Å². The summed E-state index contributed by atoms with van der Waals surface area (Å²) in [5, 5.41) is 0. The highest BCUT2D eigenvalue weighted by Crippen LogP contribution is 2.14. The zero-order chi connectivity index (χ0) is 10.8. The molecule has 0 aliphatic heterocycles. The lowest BCUT2D eigenvalue weighted by Gasteiger charge is -2.10. The van der Waals surface area contributed by atoms with Gasteiger partial charge in [-0.25, -0.2) is 9.44 Å². The van der Waals surface area contributed by atoms with Crippen molar-refractivity contribution < 1.29 is 9.59 Å². The van der Waals surface area contributed by atoms with Crippen LogP contribution in [0.3, 0.4) is 0 Å². The van der Waals surface area contributed by atoms with Crippen LogP contribution in [0.1, 0.15) is 0 Å². The lowest BCUT2D eigenvalue weighted by atomic mass is 10.4. The molecule has 0 aromatic rings. The topological polar surface area (TPSA) is 58.2 Å². The van der Waals surface area contributed by atoms with Crippen molar-refractivity contribution >= 4 is 59.8 Å². The zero-order valence-electron chi connectivity index (χ0n) is 7.25. The summed E-state index contributed by atoms with van der Waals surface area (Å²) < 4.78 is 5.71. The predicted molar refractivity (Wildman–Crippen MR) is 68.9 cm³/mol. The molecule has 0 saturated heterocycles. The average Bonchev–Trinajstić information content (AvgIpc) is 2.24. The first-order valence-corrected chi connectivity index (χ1v) is 7.15. The molecule has 0 aromatic carbocycles. The van der Waals surface area contributed by atoms with Crippen molar-refractivity contribution in [1.29, 1.82) is 0 Å². The molecule has 0 bridgehead atoms. The Labute approximate surface area is 102 Å². The van der Waals surface area contributed by atoms with Crippen LogP contribution in [0.15, 0.2) is 0 Å². The number of carbonyl (C=O) groups is 2. The Kier molecular flexibility index (Phi) is 10.7. The molecule has 2 N–H and O–H groups in total. The van der Waals surface area contributed by atoms with E-state index in [2.05, 4.69) is 34.7 Å². The molecule has 0 unspecified atom stereocenters. The molecule has 82 valence electrons. The van der Waals surface area contributed by atoms with Crippen LogP contribution in [0.2, 0.25) is 0 Å². The first-order chi connectivity index (χ1) is 6.78. The second-order valence-electron chi connectivity index (χ2n) is 2.25. The SMILES string of the molecule is O=C[C@H](CS)NSSN[C@H](C=O)CS. The van der Waals surface area contributed by atoms with Crippen molar-refractivity contribution in [3.63, 3.8) is 0 Å². The molecule has 0 amide bonds. The third-order valence-corrected chi connectivity index (χ3v) is 3.66. The van der Waals surface area contributed by atoms with Gasteiger partial charge in [-0.05, 0) is 0 Å². The quantitative estimate of drug-likeness (QED) is 0.160. The van der Waals surface area contributed by atoms with Gasteiger partial charge in [-0.1, -0.05) is 0 Å². The van der Waals surface area contributed by atoms with Crippen LogP contribution < -0.4 is 9.44 Å². The van der Waals surface area contributed by atoms with E-state index in [-0.39, 0.29) is 12.1 Å². The molecule has 0 radical (unpaired) electrons. The van der Waals surface area contributed by atoms with E-state index in [1.165, 1.54) is 22.0 Å². The summed E-state index contributed by atoms with van der Waals surface area (Å²) in [5.74, 6) is 0.890. The lowest BCUT2D eigenvalue weighted by Crippen LogP contribution is -2.29. The Morgan fingerprint density at radius 2 is 1.36 bits per heavy atom. The van der Waals surface area contributed by atoms with Gasteiger partial charge in [0.15, 0.2) is 0 Å². The van der Waals surface area contributed by atoms with Crippen LogP contribution in [0.5, 0.6) is 0 Å². The van der Waals surface area contributed by atoms with E-state index in [9.17, 15) is 9.59 Å². The van der Waals surface area contributed by atoms with E-state index >= 15 is 0 Å². The maximum absolute atomic E-state index is 10.4. The molecule has 14 heavy (non-hydrogen) atoms. The summed E-state index contributed by atoms with van der Waals surface area (Å²) in [6.45, 7) is 0. The van der Waals surface area contributed by atoms with E-state index < -0.39 is 0 Å². The highest BCUT2D eigenvalue weighted by Gasteiger charge is 2.06. The maximum Gasteiger partial charge on any atom is 0.138 e. The largest absolute Gasteiger partial charge is 0.302 e. The van der Waals surface area contributed by atoms with E-state index in [4.69, 9.17) is 0 Å². The molecule has 0 rings (SSSR count). The van der Waals surface area contributed by atoms with Crippen molar-refractivity contribution in [3.8, 4) is 0 Å². The fourth-order valence-corrected chi connectivity index (χ4v) is 2.64. The molecule has 2 atom stereocenters. The monoisotopic (exact) mass is 272 g/mol. The summed E-state index contributed by atoms with van der Waals surface area (Å²) >= 11 is 7.94. The molecule has 0 heterocycles. The van der Waals surface area contributed by atoms with Crippen LogP contribution >= 0.6 is 47.2 Å². The number of hydrogen-bond donors (Lipinski definition) is 4. The third kappa shape index (κ3) is 7.02. The highest BCUT2D eigenvalue weighted by molar-refractivity contribution is 8.75. The first kappa shape index (κ1) is 14.7. The minimum atomic E-state index is -0.275. The van der Waals surface area contributed by atoms with Crippen molar-refractivity contribution in [1.82, 2.24) is 9.44 Å². The molecule has 4 nitrogen and oxygen atoms in total. The minimum Gasteiger partial charge on any atom is -0.302 e. The van der Waals surface area contributed by atoms with Gasteiger partial charge in [-0.15, -0.1) is 0 Å². The van der Waals surface area contributed by atoms with Gasteiger partial charge in [0.25, 0.3) is 0 Å². The summed E-state index contributed by atoms with van der Waals surface area (Å²) in [6, 6.07) is -0.549. The lowest BCUT2D eigenvalue weighted by molar-refractivity contribution is -0.109. The van der Waals surface area contributed by atoms with Crippen LogP contribution in [0.25, 0.3) is 0 Å². The molecule has 0 spiro atoms. The molecule has 0 aliphatic rings. The van der Waals surface area contributed by atoms with Crippen LogP contribution in [0.4, 0.5) is 0 Å². The van der Waals surface area contributed by atoms with Crippen LogP contribution in [-0.2, 0) is 9.59 Å². The van der Waals surface area contributed by atoms with Crippen molar-refractivity contribution in [2.24, 2.45) is 0 Å². The average molecular weight is 272 g/mol. The molecular formula is C6H12N2O2S4. The van der Waals surface area contributed by atoms with E-state index in [1.807, 2.05) is 0 Å². The number of aldehydes is 2. The summed E-state index contributed by atoms with van der Waals surface area (Å²) in [6.07, 6.45) is 1.58. The van der Waals surface area contributed by atoms with Gasteiger partial charge in [-0.3, -0.25) is 0 Å². The van der Waals surface area contributed by atoms with E-state index in [0.29, 0.717) is 11.5 Å². The van der Waals surface area contributed by atoms with E-state index in [0.717, 1.165) is 12.6 Å². The second-order valence-corrected chi connectivity index (χ2v) is 4.79. The predicted octanol–water partition coefficient (Wildman–Crippen LogP) is 0.372. The smallest absolute Gasteiger partial charge is 0.138 e. The fraction of sp³-hybridized carbons (Fsp3) is 0.667. The first-order valence-electron chi connectivity index (χ1n) is 3.74. The second kappa shape index (κ2) is 10.2. The molecule has 0 saturated carbocycles. The summed E-state index contributed by atoms with van der Waals surface area (Å²) in [4.78, 5) is 20.7. The van der Waals surface area contributed by atoms with Crippen molar-refractivity contribution in [2.75, 3.05) is 11.5 Å². The fourth-order valence-electron chi connectivity index (χ4n) is 0.388. The van der Waals surface area contributed by atoms with E-state index in [1.54, 1.807) is 0 Å². The molecule has 0 fully saturated rings. The van der Waals surface area contributed by atoms with Crippen molar-refractivity contribution in [3.05, 3.63) is 0 Å². The standard InChI is InChI=1S/C6H12N2O2S4/c9-1-5(3-11)7-13-14-8-6(2-10)4-12/h1-2,5-8,11-12H,3-4H2/t5-,6-/m1/s1. The van der Waals surface area contributed by atoms with Gasteiger partial charge >= 0.3 is 0 Å². The molecule has 8 heteroatoms. The molecule has 0 aromatic heterocycles. The summed E-state index contributed by atoms with van der Waals surface area (Å²) in [5.41, 5.74) is 0. The Hall–Kier alpha value is 0.660. The Morgan fingerprint density at radius 3 is 1.57 bits per heavy atom. The Balaban J connectivity index is 3.44. The molecular weight excluding hydrogens is 260 g/mol. The van der Waals surface area contributed by atoms with Gasteiger partial charge in [0.1, 0.15) is 12.6 Å². The Bertz CT molecular complexity index is 154. The minimum absolute atomic E-state index is 0.275. The third-order valence-electron chi connectivity index (χ3n) is 1.16. The van der Waals surface area contributed by atoms with Gasteiger partial charge in [0.05, 0.1) is 12.1 Å². The van der Waals surface area contributed by atoms with Gasteiger partial charge in [0.2, 0.25) is 0 Å². The van der Waals surface area contributed by atoms with Crippen molar-refractivity contribution in [2.45, 2.75) is 12.1 Å². The van der Waals surface area contributed by atoms with Crippen LogP contribution in [0, 0.1) is 0 Å². The van der Waals surface area contributed by atoms with Gasteiger partial charge < -0.3 is 9.59 Å². The van der Waals surface area contributed by atoms with Gasteiger partial charge in [-0.2, -0.15) is 25.3 Å². The summed E-state index contributed by atoms with van der Waals surface area (Å²) in [7, 11) is 2.50. The number of nitrogens with one attached hydrogen (secondary N) is 2.